The summed E-state index contributed by atoms with van der Waals surface area (Å²) in [5, 5.41) is 6.86. The number of hydrogen-bond acceptors (Lipinski definition) is 4. The van der Waals surface area contributed by atoms with Crippen molar-refractivity contribution in [2.75, 3.05) is 13.1 Å². The Morgan fingerprint density at radius 2 is 2.04 bits per heavy atom. The quantitative estimate of drug-likeness (QED) is 0.819. The first-order valence-corrected chi connectivity index (χ1v) is 7.68. The van der Waals surface area contributed by atoms with Crippen molar-refractivity contribution in [3.8, 4) is 0 Å². The molecule has 1 aliphatic rings. The average molecular weight is 360 g/mol. The molecule has 9 heteroatoms. The molecule has 0 saturated carbocycles. The molecule has 1 fully saturated rings. The second-order valence-corrected chi connectivity index (χ2v) is 5.92. The molecule has 0 spiro atoms. The summed E-state index contributed by atoms with van der Waals surface area (Å²) in [7, 11) is 0. The minimum Gasteiger partial charge on any atom is -0.417 e. The molecule has 0 N–H and O–H groups in total. The number of nitrogens with zero attached hydrogens (tertiary/aromatic N) is 3. The van der Waals surface area contributed by atoms with Gasteiger partial charge in [-0.05, 0) is 25.0 Å². The highest BCUT2D eigenvalue weighted by molar-refractivity contribution is 6.33. The maximum Gasteiger partial charge on any atom is 0.470 e. The Morgan fingerprint density at radius 1 is 1.29 bits per heavy atom. The van der Waals surface area contributed by atoms with E-state index in [1.54, 1.807) is 29.2 Å². The smallest absolute Gasteiger partial charge is 0.417 e. The Bertz CT molecular complexity index is 748. The maximum absolute atomic E-state index is 12.6. The molecule has 5 nitrogen and oxygen atoms in total. The van der Waals surface area contributed by atoms with Gasteiger partial charge in [-0.15, -0.1) is 10.2 Å². The molecule has 3 rings (SSSR count). The summed E-state index contributed by atoms with van der Waals surface area (Å²) < 4.78 is 42.4. The molecule has 128 valence electrons. The highest BCUT2D eigenvalue weighted by atomic mass is 35.5. The van der Waals surface area contributed by atoms with E-state index in [-0.39, 0.29) is 18.3 Å². The average Bonchev–Trinajstić information content (AvgIpc) is 3.05. The number of piperidine rings is 1. The van der Waals surface area contributed by atoms with Crippen molar-refractivity contribution in [2.45, 2.75) is 24.9 Å². The van der Waals surface area contributed by atoms with Crippen LogP contribution in [0.15, 0.2) is 28.7 Å². The lowest BCUT2D eigenvalue weighted by Gasteiger charge is -2.31. The third kappa shape index (κ3) is 3.38. The lowest BCUT2D eigenvalue weighted by atomic mass is 9.97. The SMILES string of the molecule is O=C(c1ccccc1Cl)N1CCCC(c2nnc(C(F)(F)F)o2)C1. The first-order chi connectivity index (χ1) is 11.4. The van der Waals surface area contributed by atoms with Gasteiger partial charge in [0.25, 0.3) is 5.91 Å². The summed E-state index contributed by atoms with van der Waals surface area (Å²) in [6.45, 7) is 0.713. The fourth-order valence-corrected chi connectivity index (χ4v) is 2.90. The summed E-state index contributed by atoms with van der Waals surface area (Å²) in [6.07, 6.45) is -3.47. The lowest BCUT2D eigenvalue weighted by molar-refractivity contribution is -0.157. The van der Waals surface area contributed by atoms with Gasteiger partial charge < -0.3 is 9.32 Å². The van der Waals surface area contributed by atoms with Crippen LogP contribution in [0.3, 0.4) is 0 Å². The van der Waals surface area contributed by atoms with Gasteiger partial charge in [0.05, 0.1) is 16.5 Å². The Kier molecular flexibility index (Phi) is 4.49. The normalized spacial score (nSPS) is 18.7. The number of aromatic nitrogens is 2. The first kappa shape index (κ1) is 16.8. The number of amides is 1. The van der Waals surface area contributed by atoms with Crippen LogP contribution in [0.4, 0.5) is 13.2 Å². The summed E-state index contributed by atoms with van der Waals surface area (Å²) in [5.74, 6) is -2.15. The number of benzene rings is 1. The molecule has 2 heterocycles. The predicted molar refractivity (Wildman–Crippen MR) is 78.6 cm³/mol. The first-order valence-electron chi connectivity index (χ1n) is 7.30. The van der Waals surface area contributed by atoms with Crippen molar-refractivity contribution in [3.05, 3.63) is 46.6 Å². The molecule has 1 unspecified atom stereocenters. The van der Waals surface area contributed by atoms with Gasteiger partial charge in [0.1, 0.15) is 0 Å². The van der Waals surface area contributed by atoms with Crippen LogP contribution in [0.25, 0.3) is 0 Å². The number of likely N-dealkylation sites (tertiary alicyclic amines) is 1. The van der Waals surface area contributed by atoms with Crippen molar-refractivity contribution in [2.24, 2.45) is 0 Å². The van der Waals surface area contributed by atoms with Gasteiger partial charge in [-0.2, -0.15) is 13.2 Å². The van der Waals surface area contributed by atoms with E-state index in [1.165, 1.54) is 0 Å². The second-order valence-electron chi connectivity index (χ2n) is 5.51. The highest BCUT2D eigenvalue weighted by Gasteiger charge is 2.39. The minimum atomic E-state index is -4.67. The number of rotatable bonds is 2. The molecule has 1 atom stereocenters. The van der Waals surface area contributed by atoms with Gasteiger partial charge >= 0.3 is 12.1 Å². The van der Waals surface area contributed by atoms with Crippen LogP contribution in [0.5, 0.6) is 0 Å². The monoisotopic (exact) mass is 359 g/mol. The molecule has 24 heavy (non-hydrogen) atoms. The summed E-state index contributed by atoms with van der Waals surface area (Å²) in [6, 6.07) is 6.65. The van der Waals surface area contributed by atoms with Gasteiger partial charge in [0, 0.05) is 13.1 Å². The molecule has 2 aromatic rings. The van der Waals surface area contributed by atoms with Crippen LogP contribution in [-0.2, 0) is 6.18 Å². The molecule has 1 aromatic carbocycles. The number of carbonyl (C=O) groups excluding carboxylic acids is 1. The predicted octanol–water partition coefficient (Wildman–Crippen LogP) is 3.76. The van der Waals surface area contributed by atoms with Gasteiger partial charge in [0.15, 0.2) is 0 Å². The topological polar surface area (TPSA) is 59.2 Å². The van der Waals surface area contributed by atoms with Gasteiger partial charge in [0.2, 0.25) is 5.89 Å². The molecule has 1 amide bonds. The molecule has 0 bridgehead atoms. The maximum atomic E-state index is 12.6. The third-order valence-corrected chi connectivity index (χ3v) is 4.17. The number of alkyl halides is 3. The molecular weight excluding hydrogens is 347 g/mol. The summed E-state index contributed by atoms with van der Waals surface area (Å²) in [4.78, 5) is 14.1. The molecule has 1 aromatic heterocycles. The fourth-order valence-electron chi connectivity index (χ4n) is 2.68. The van der Waals surface area contributed by atoms with E-state index >= 15 is 0 Å². The van der Waals surface area contributed by atoms with Crippen LogP contribution in [0.1, 0.15) is 40.9 Å². The number of hydrogen-bond donors (Lipinski definition) is 0. The number of carbonyl (C=O) groups is 1. The highest BCUT2D eigenvalue weighted by Crippen LogP contribution is 2.32. The molecular formula is C15H13ClF3N3O2. The van der Waals surface area contributed by atoms with E-state index in [4.69, 9.17) is 16.0 Å². The van der Waals surface area contributed by atoms with Gasteiger partial charge in [-0.1, -0.05) is 23.7 Å². The van der Waals surface area contributed by atoms with E-state index in [0.29, 0.717) is 30.0 Å². The third-order valence-electron chi connectivity index (χ3n) is 3.85. The molecule has 1 aliphatic heterocycles. The fraction of sp³-hybridized carbons (Fsp3) is 0.400. The summed E-state index contributed by atoms with van der Waals surface area (Å²) in [5.41, 5.74) is 0.362. The van der Waals surface area contributed by atoms with Crippen molar-refractivity contribution in [1.82, 2.24) is 15.1 Å². The van der Waals surface area contributed by atoms with E-state index < -0.39 is 18.0 Å². The van der Waals surface area contributed by atoms with Crippen LogP contribution >= 0.6 is 11.6 Å². The zero-order valence-electron chi connectivity index (χ0n) is 12.4. The molecule has 0 radical (unpaired) electrons. The van der Waals surface area contributed by atoms with Crippen LogP contribution in [0, 0.1) is 0 Å². The Morgan fingerprint density at radius 3 is 2.71 bits per heavy atom. The zero-order chi connectivity index (χ0) is 17.3. The van der Waals surface area contributed by atoms with Gasteiger partial charge in [-0.3, -0.25) is 4.79 Å². The largest absolute Gasteiger partial charge is 0.470 e. The van der Waals surface area contributed by atoms with E-state index in [2.05, 4.69) is 10.2 Å². The van der Waals surface area contributed by atoms with Crippen molar-refractivity contribution in [3.63, 3.8) is 0 Å². The number of halogens is 4. The van der Waals surface area contributed by atoms with Gasteiger partial charge in [-0.25, -0.2) is 0 Å². The van der Waals surface area contributed by atoms with Crippen molar-refractivity contribution in [1.29, 1.82) is 0 Å². The molecule has 0 aliphatic carbocycles. The van der Waals surface area contributed by atoms with Crippen LogP contribution < -0.4 is 0 Å². The van der Waals surface area contributed by atoms with Crippen molar-refractivity contribution < 1.29 is 22.4 Å². The molecule has 1 saturated heterocycles. The van der Waals surface area contributed by atoms with E-state index in [0.717, 1.165) is 0 Å². The Hall–Kier alpha value is -2.09. The second kappa shape index (κ2) is 6.43. The summed E-state index contributed by atoms with van der Waals surface area (Å²) >= 11 is 6.03. The Labute approximate surface area is 140 Å². The van der Waals surface area contributed by atoms with E-state index in [9.17, 15) is 18.0 Å². The lowest BCUT2D eigenvalue weighted by Crippen LogP contribution is -2.39. The van der Waals surface area contributed by atoms with Crippen LogP contribution in [-0.4, -0.2) is 34.1 Å². The van der Waals surface area contributed by atoms with Crippen molar-refractivity contribution >= 4 is 17.5 Å². The minimum absolute atomic E-state index is 0.0982. The van der Waals surface area contributed by atoms with Crippen LogP contribution in [0.2, 0.25) is 5.02 Å². The standard InChI is InChI=1S/C15H13ClF3N3O2/c16-11-6-2-1-5-10(11)13(23)22-7-3-4-9(8-22)12-20-21-14(24-12)15(17,18)19/h1-2,5-6,9H,3-4,7-8H2. The van der Waals surface area contributed by atoms with E-state index in [1.807, 2.05) is 0 Å². The zero-order valence-corrected chi connectivity index (χ0v) is 13.1. The Balaban J connectivity index is 1.76.